The van der Waals surface area contributed by atoms with E-state index < -0.39 is 5.97 Å². The van der Waals surface area contributed by atoms with Crippen LogP contribution in [0.4, 0.5) is 0 Å². The zero-order valence-electron chi connectivity index (χ0n) is 9.03. The molecule has 1 atom stereocenters. The highest BCUT2D eigenvalue weighted by Crippen LogP contribution is 2.09. The van der Waals surface area contributed by atoms with E-state index >= 15 is 0 Å². The highest BCUT2D eigenvalue weighted by molar-refractivity contribution is 5.85. The Hall–Kier alpha value is -1.10. The smallest absolute Gasteiger partial charge is 0.323 e. The molecule has 15 heavy (non-hydrogen) atoms. The quantitative estimate of drug-likeness (QED) is 0.694. The Kier molecular flexibility index (Phi) is 4.55. The average Bonchev–Trinajstić information content (AvgIpc) is 2.26. The molecular weight excluding hydrogens is 196 g/mol. The largest absolute Gasteiger partial charge is 0.480 e. The highest BCUT2D eigenvalue weighted by Gasteiger charge is 2.25. The Labute approximate surface area is 89.4 Å². The van der Waals surface area contributed by atoms with Crippen molar-refractivity contribution in [3.63, 3.8) is 0 Å². The lowest BCUT2D eigenvalue weighted by Crippen LogP contribution is -2.49. The molecule has 0 aromatic heterocycles. The Balaban J connectivity index is 2.50. The Morgan fingerprint density at radius 2 is 2.20 bits per heavy atom. The maximum Gasteiger partial charge on any atom is 0.323 e. The minimum atomic E-state index is -0.957. The molecule has 0 unspecified atom stereocenters. The molecule has 2 N–H and O–H groups in total. The Morgan fingerprint density at radius 3 is 2.67 bits per heavy atom. The van der Waals surface area contributed by atoms with Crippen LogP contribution in [0, 0.1) is 0 Å². The summed E-state index contributed by atoms with van der Waals surface area (Å²) < 4.78 is 0. The first-order chi connectivity index (χ1) is 7.15. The molecule has 5 nitrogen and oxygen atoms in total. The molecule has 1 heterocycles. The fourth-order valence-electron chi connectivity index (χ4n) is 1.79. The third-order valence-electron chi connectivity index (χ3n) is 2.63. The van der Waals surface area contributed by atoms with E-state index in [9.17, 15) is 9.59 Å². The SMILES string of the molecule is CCN(CC(=O)O)C(=O)[C@@H]1CCCCN1. The second-order valence-electron chi connectivity index (χ2n) is 3.75. The minimum absolute atomic E-state index is 0.0837. The number of hydrogen-bond acceptors (Lipinski definition) is 3. The van der Waals surface area contributed by atoms with Gasteiger partial charge in [-0.05, 0) is 26.3 Å². The molecule has 1 saturated heterocycles. The average molecular weight is 214 g/mol. The van der Waals surface area contributed by atoms with Gasteiger partial charge in [0.15, 0.2) is 0 Å². The van der Waals surface area contributed by atoms with Crippen LogP contribution in [0.5, 0.6) is 0 Å². The summed E-state index contributed by atoms with van der Waals surface area (Å²) in [5.41, 5.74) is 0. The van der Waals surface area contributed by atoms with Gasteiger partial charge < -0.3 is 15.3 Å². The van der Waals surface area contributed by atoms with Gasteiger partial charge in [0.1, 0.15) is 6.54 Å². The van der Waals surface area contributed by atoms with Gasteiger partial charge in [0, 0.05) is 6.54 Å². The van der Waals surface area contributed by atoms with Crippen molar-refractivity contribution in [3.8, 4) is 0 Å². The summed E-state index contributed by atoms with van der Waals surface area (Å²) >= 11 is 0. The van der Waals surface area contributed by atoms with E-state index in [1.54, 1.807) is 6.92 Å². The predicted molar refractivity (Wildman–Crippen MR) is 55.5 cm³/mol. The number of nitrogens with zero attached hydrogens (tertiary/aromatic N) is 1. The molecule has 0 aromatic carbocycles. The van der Waals surface area contributed by atoms with Crippen molar-refractivity contribution >= 4 is 11.9 Å². The van der Waals surface area contributed by atoms with Crippen molar-refractivity contribution in [1.29, 1.82) is 0 Å². The van der Waals surface area contributed by atoms with Crippen LogP contribution in [0.3, 0.4) is 0 Å². The predicted octanol–water partition coefficient (Wildman–Crippen LogP) is 0.0616. The summed E-state index contributed by atoms with van der Waals surface area (Å²) in [6.07, 6.45) is 2.94. The molecule has 1 rings (SSSR count). The van der Waals surface area contributed by atoms with Crippen molar-refractivity contribution in [2.24, 2.45) is 0 Å². The van der Waals surface area contributed by atoms with E-state index in [-0.39, 0.29) is 18.5 Å². The van der Waals surface area contributed by atoms with Crippen molar-refractivity contribution in [2.75, 3.05) is 19.6 Å². The second kappa shape index (κ2) is 5.70. The van der Waals surface area contributed by atoms with Gasteiger partial charge in [-0.3, -0.25) is 9.59 Å². The number of hydrogen-bond donors (Lipinski definition) is 2. The molecule has 0 bridgehead atoms. The molecule has 1 aliphatic rings. The number of carboxylic acid groups (broad SMARTS) is 1. The number of aliphatic carboxylic acids is 1. The van der Waals surface area contributed by atoms with Crippen molar-refractivity contribution in [3.05, 3.63) is 0 Å². The van der Waals surface area contributed by atoms with Crippen molar-refractivity contribution < 1.29 is 14.7 Å². The van der Waals surface area contributed by atoms with Gasteiger partial charge in [-0.25, -0.2) is 0 Å². The number of carboxylic acids is 1. The Bertz CT molecular complexity index is 237. The van der Waals surface area contributed by atoms with E-state index in [1.807, 2.05) is 0 Å². The molecular formula is C10H18N2O3. The highest BCUT2D eigenvalue weighted by atomic mass is 16.4. The fraction of sp³-hybridized carbons (Fsp3) is 0.800. The van der Waals surface area contributed by atoms with Crippen LogP contribution in [0.25, 0.3) is 0 Å². The molecule has 5 heteroatoms. The van der Waals surface area contributed by atoms with Gasteiger partial charge in [-0.1, -0.05) is 6.42 Å². The van der Waals surface area contributed by atoms with Crippen LogP contribution in [-0.4, -0.2) is 47.6 Å². The van der Waals surface area contributed by atoms with Crippen LogP contribution in [-0.2, 0) is 9.59 Å². The minimum Gasteiger partial charge on any atom is -0.480 e. The van der Waals surface area contributed by atoms with Gasteiger partial charge in [0.05, 0.1) is 6.04 Å². The first-order valence-corrected chi connectivity index (χ1v) is 5.39. The molecule has 0 spiro atoms. The first-order valence-electron chi connectivity index (χ1n) is 5.39. The normalized spacial score (nSPS) is 21.0. The summed E-state index contributed by atoms with van der Waals surface area (Å²) in [6, 6.07) is -0.182. The maximum atomic E-state index is 11.9. The van der Waals surface area contributed by atoms with Crippen LogP contribution in [0.1, 0.15) is 26.2 Å². The number of amides is 1. The first kappa shape index (κ1) is 12.0. The van der Waals surface area contributed by atoms with E-state index in [4.69, 9.17) is 5.11 Å². The zero-order valence-corrected chi connectivity index (χ0v) is 9.03. The van der Waals surface area contributed by atoms with Crippen LogP contribution >= 0.6 is 0 Å². The zero-order chi connectivity index (χ0) is 11.3. The lowest BCUT2D eigenvalue weighted by molar-refractivity contribution is -0.145. The maximum absolute atomic E-state index is 11.9. The molecule has 0 saturated carbocycles. The molecule has 0 aliphatic carbocycles. The summed E-state index contributed by atoms with van der Waals surface area (Å²) in [5, 5.41) is 11.8. The summed E-state index contributed by atoms with van der Waals surface area (Å²) in [6.45, 7) is 2.89. The topological polar surface area (TPSA) is 69.6 Å². The van der Waals surface area contributed by atoms with Gasteiger partial charge in [-0.15, -0.1) is 0 Å². The van der Waals surface area contributed by atoms with Crippen LogP contribution < -0.4 is 5.32 Å². The molecule has 1 amide bonds. The molecule has 1 aliphatic heterocycles. The summed E-state index contributed by atoms with van der Waals surface area (Å²) in [4.78, 5) is 23.8. The standard InChI is InChI=1S/C10H18N2O3/c1-2-12(7-9(13)14)10(15)8-5-3-4-6-11-8/h8,11H,2-7H2,1H3,(H,13,14)/t8-/m0/s1. The van der Waals surface area contributed by atoms with Crippen LogP contribution in [0.15, 0.2) is 0 Å². The van der Waals surface area contributed by atoms with Crippen LogP contribution in [0.2, 0.25) is 0 Å². The van der Waals surface area contributed by atoms with Crippen molar-refractivity contribution in [1.82, 2.24) is 10.2 Å². The van der Waals surface area contributed by atoms with Gasteiger partial charge in [0.25, 0.3) is 0 Å². The second-order valence-corrected chi connectivity index (χ2v) is 3.75. The number of carbonyl (C=O) groups excluding carboxylic acids is 1. The lowest BCUT2D eigenvalue weighted by Gasteiger charge is -2.28. The third kappa shape index (κ3) is 3.51. The summed E-state index contributed by atoms with van der Waals surface area (Å²) in [7, 11) is 0. The monoisotopic (exact) mass is 214 g/mol. The number of carbonyl (C=O) groups is 2. The van der Waals surface area contributed by atoms with Gasteiger partial charge >= 0.3 is 5.97 Å². The number of likely N-dealkylation sites (N-methyl/N-ethyl adjacent to an activating group) is 1. The molecule has 86 valence electrons. The van der Waals surface area contributed by atoms with E-state index in [0.717, 1.165) is 25.8 Å². The molecule has 0 radical (unpaired) electrons. The fourth-order valence-corrected chi connectivity index (χ4v) is 1.79. The molecule has 0 aromatic rings. The number of nitrogens with one attached hydrogen (secondary N) is 1. The third-order valence-corrected chi connectivity index (χ3v) is 2.63. The van der Waals surface area contributed by atoms with E-state index in [2.05, 4.69) is 5.32 Å². The molecule has 1 fully saturated rings. The van der Waals surface area contributed by atoms with Gasteiger partial charge in [-0.2, -0.15) is 0 Å². The van der Waals surface area contributed by atoms with Crippen molar-refractivity contribution in [2.45, 2.75) is 32.2 Å². The van der Waals surface area contributed by atoms with Gasteiger partial charge in [0.2, 0.25) is 5.91 Å². The number of rotatable bonds is 4. The van der Waals surface area contributed by atoms with E-state index in [0.29, 0.717) is 6.54 Å². The summed E-state index contributed by atoms with van der Waals surface area (Å²) in [5.74, 6) is -1.04. The lowest BCUT2D eigenvalue weighted by atomic mass is 10.0. The van der Waals surface area contributed by atoms with E-state index in [1.165, 1.54) is 4.90 Å². The number of piperidine rings is 1. The Morgan fingerprint density at radius 1 is 1.47 bits per heavy atom.